The van der Waals surface area contributed by atoms with E-state index < -0.39 is 68.6 Å². The smallest absolute Gasteiger partial charge is 0.426 e. The number of amides is 2. The van der Waals surface area contributed by atoms with Crippen molar-refractivity contribution in [1.29, 1.82) is 0 Å². The van der Waals surface area contributed by atoms with Crippen LogP contribution in [0.3, 0.4) is 0 Å². The maximum Gasteiger partial charge on any atom is 0.426 e. The summed E-state index contributed by atoms with van der Waals surface area (Å²) in [4.78, 5) is 95.7. The average Bonchev–Trinajstić information content (AvgIpc) is 4.07. The minimum atomic E-state index is -1.15. The molecule has 2 unspecified atom stereocenters. The molecule has 6 rings (SSSR count). The Labute approximate surface area is 424 Å². The van der Waals surface area contributed by atoms with Crippen molar-refractivity contribution < 1.29 is 48.0 Å². The summed E-state index contributed by atoms with van der Waals surface area (Å²) in [5.41, 5.74) is 5.08. The molecule has 3 aromatic heterocycles. The molecule has 0 fully saturated rings. The first-order chi connectivity index (χ1) is 34.5. The van der Waals surface area contributed by atoms with E-state index in [-0.39, 0.29) is 35.7 Å². The molecule has 2 atom stereocenters. The lowest BCUT2D eigenvalue weighted by Crippen LogP contribution is -2.54. The number of carbonyl (C=O) groups excluding carboxylic acids is 4. The molecule has 0 aliphatic carbocycles. The van der Waals surface area contributed by atoms with Crippen LogP contribution in [-0.4, -0.2) is 107 Å². The Kier molecular flexibility index (Phi) is 20.3. The highest BCUT2D eigenvalue weighted by Gasteiger charge is 2.37. The molecule has 73 heavy (non-hydrogen) atoms. The van der Waals surface area contributed by atoms with E-state index in [9.17, 15) is 39.4 Å². The second-order valence-corrected chi connectivity index (χ2v) is 17.5. The van der Waals surface area contributed by atoms with Gasteiger partial charge in [0.1, 0.15) is 41.5 Å². The van der Waals surface area contributed by atoms with Crippen molar-refractivity contribution in [3.8, 4) is 17.3 Å². The first-order valence-electron chi connectivity index (χ1n) is 22.3. The number of nitrogens with zero attached hydrogens (tertiary/aromatic N) is 11. The Bertz CT molecular complexity index is 2780. The van der Waals surface area contributed by atoms with Gasteiger partial charge in [0.2, 0.25) is 22.9 Å². The van der Waals surface area contributed by atoms with E-state index in [0.29, 0.717) is 5.82 Å². The Morgan fingerprint density at radius 2 is 1.19 bits per heavy atom. The average molecular weight is 1030 g/mol. The third kappa shape index (κ3) is 16.5. The van der Waals surface area contributed by atoms with Gasteiger partial charge in [-0.1, -0.05) is 80.6 Å². The van der Waals surface area contributed by atoms with Crippen molar-refractivity contribution in [3.63, 3.8) is 0 Å². The molecule has 0 saturated heterocycles. The third-order valence-electron chi connectivity index (χ3n) is 9.51. The van der Waals surface area contributed by atoms with Crippen molar-refractivity contribution in [2.75, 3.05) is 24.2 Å². The highest BCUT2D eigenvalue weighted by Crippen LogP contribution is 2.30. The summed E-state index contributed by atoms with van der Waals surface area (Å²) in [5, 5.41) is 24.8. The lowest BCUT2D eigenvalue weighted by molar-refractivity contribution is -0.384. The number of aliphatic imine (C=N–C) groups is 1. The zero-order valence-corrected chi connectivity index (χ0v) is 42.5. The van der Waals surface area contributed by atoms with Crippen LogP contribution in [0.5, 0.6) is 0 Å². The number of nitro groups is 2. The molecule has 388 valence electrons. The van der Waals surface area contributed by atoms with Gasteiger partial charge in [0.25, 0.3) is 0 Å². The molecule has 2 aromatic carbocycles. The molecule has 25 nitrogen and oxygen atoms in total. The topological polar surface area (TPSA) is 304 Å². The van der Waals surface area contributed by atoms with E-state index in [1.807, 2.05) is 54.7 Å². The van der Waals surface area contributed by atoms with Crippen molar-refractivity contribution in [1.82, 2.24) is 40.3 Å². The minimum Gasteiger partial charge on any atom is -0.467 e. The van der Waals surface area contributed by atoms with E-state index in [0.717, 1.165) is 41.5 Å². The number of ether oxygens (including phenoxy) is 4. The normalized spacial score (nSPS) is 12.5. The zero-order valence-electron chi connectivity index (χ0n) is 41.7. The number of aromatic nitrogens is 6. The lowest BCUT2D eigenvalue weighted by Gasteiger charge is -2.31. The molecule has 1 aliphatic rings. The van der Waals surface area contributed by atoms with Gasteiger partial charge >= 0.3 is 35.5 Å². The summed E-state index contributed by atoms with van der Waals surface area (Å²) in [6, 6.07) is 17.2. The fourth-order valence-electron chi connectivity index (χ4n) is 6.42. The Balaban J connectivity index is 0.000000270. The van der Waals surface area contributed by atoms with Gasteiger partial charge in [-0.25, -0.2) is 55.0 Å². The van der Waals surface area contributed by atoms with Crippen molar-refractivity contribution in [3.05, 3.63) is 129 Å². The van der Waals surface area contributed by atoms with Crippen LogP contribution in [0.15, 0.2) is 103 Å². The third-order valence-corrected chi connectivity index (χ3v) is 9.70. The Morgan fingerprint density at radius 1 is 0.726 bits per heavy atom. The maximum absolute atomic E-state index is 12.7. The fraction of sp³-hybridized carbons (Fsp3) is 0.362. The van der Waals surface area contributed by atoms with Crippen LogP contribution in [0.2, 0.25) is 5.28 Å². The predicted octanol–water partition coefficient (Wildman–Crippen LogP) is 8.06. The van der Waals surface area contributed by atoms with E-state index in [2.05, 4.69) is 59.0 Å². The molecular formula is C47H56ClN13O12. The van der Waals surface area contributed by atoms with Crippen LogP contribution in [0.1, 0.15) is 80.2 Å². The molecule has 2 amide bonds. The summed E-state index contributed by atoms with van der Waals surface area (Å²) in [6.07, 6.45) is 8.30. The summed E-state index contributed by atoms with van der Waals surface area (Å²) in [7, 11) is 2.33. The van der Waals surface area contributed by atoms with Gasteiger partial charge in [-0.3, -0.25) is 29.8 Å². The van der Waals surface area contributed by atoms with Gasteiger partial charge in [0, 0.05) is 30.6 Å². The van der Waals surface area contributed by atoms with Crippen LogP contribution < -0.4 is 20.9 Å². The monoisotopic (exact) mass is 1030 g/mol. The molecular weight excluding hydrogens is 974 g/mol. The number of halogens is 1. The molecule has 0 spiro atoms. The first kappa shape index (κ1) is 57.0. The van der Waals surface area contributed by atoms with Gasteiger partial charge in [0.05, 0.1) is 29.8 Å². The van der Waals surface area contributed by atoms with Crippen LogP contribution in [0.4, 0.5) is 32.6 Å². The maximum atomic E-state index is 12.7. The predicted molar refractivity (Wildman–Crippen MR) is 268 cm³/mol. The molecule has 5 aromatic rings. The van der Waals surface area contributed by atoms with Gasteiger partial charge in [-0.2, -0.15) is 9.97 Å². The van der Waals surface area contributed by atoms with Crippen LogP contribution in [0, 0.1) is 20.2 Å². The molecule has 0 bridgehead atoms. The number of methoxy groups -OCH3 is 2. The number of carbonyl (C=O) groups is 4. The van der Waals surface area contributed by atoms with Gasteiger partial charge < -0.3 is 18.9 Å². The van der Waals surface area contributed by atoms with Crippen LogP contribution in [0.25, 0.3) is 17.3 Å². The SMILES string of the molecule is C1=CN=C(c2ccccc2)C1.CCC(C(=O)OC)N(NC(=O)OC(C)(C)C)c1nc(-n2ccnc2-c2ccccc2)ncc1[N+](=O)[O-].CCC(C(=O)OC)N(NC(=O)OC(C)(C)C)c1nc(Cl)ncc1[N+](=O)[O-]. The van der Waals surface area contributed by atoms with Crippen molar-refractivity contribution >= 4 is 64.4 Å². The summed E-state index contributed by atoms with van der Waals surface area (Å²) in [5.74, 6) is -1.67. The number of imidazole rings is 1. The lowest BCUT2D eigenvalue weighted by atomic mass is 10.1. The van der Waals surface area contributed by atoms with Crippen molar-refractivity contribution in [2.24, 2.45) is 4.99 Å². The van der Waals surface area contributed by atoms with Crippen molar-refractivity contribution in [2.45, 2.75) is 97.9 Å². The largest absolute Gasteiger partial charge is 0.467 e. The Hall–Kier alpha value is -8.61. The van der Waals surface area contributed by atoms with Gasteiger partial charge in [-0.15, -0.1) is 0 Å². The highest BCUT2D eigenvalue weighted by atomic mass is 35.5. The zero-order chi connectivity index (χ0) is 54.0. The molecule has 2 N–H and O–H groups in total. The fourth-order valence-corrected chi connectivity index (χ4v) is 6.55. The molecule has 0 saturated carbocycles. The van der Waals surface area contributed by atoms with Gasteiger partial charge in [0.15, 0.2) is 0 Å². The molecule has 4 heterocycles. The number of hydrazine groups is 2. The van der Waals surface area contributed by atoms with Gasteiger partial charge in [-0.05, 0) is 71.5 Å². The summed E-state index contributed by atoms with van der Waals surface area (Å²) in [6.45, 7) is 13.2. The second-order valence-electron chi connectivity index (χ2n) is 17.1. The number of hydrogen-bond donors (Lipinski definition) is 2. The molecule has 26 heteroatoms. The number of anilines is 2. The van der Waals surface area contributed by atoms with E-state index >= 15 is 0 Å². The quantitative estimate of drug-likeness (QED) is 0.0329. The molecule has 0 radical (unpaired) electrons. The summed E-state index contributed by atoms with van der Waals surface area (Å²) >= 11 is 5.74. The summed E-state index contributed by atoms with van der Waals surface area (Å²) < 4.78 is 21.5. The van der Waals surface area contributed by atoms with E-state index in [1.54, 1.807) is 61.6 Å². The van der Waals surface area contributed by atoms with E-state index in [1.165, 1.54) is 29.1 Å². The number of esters is 2. The standard InChI is InChI=1S/C23H27N7O6.C14H20ClN5O6.C10H9N/c1-6-16(20(31)35-5)29(27-22(32)36-23(2,3)4)19-17(30(33)34)14-25-21(26-19)28-13-12-24-18(28)15-10-8-7-9-11-15;1-6-8(11(21)25-5)19(18-13(22)26-14(2,3)4)10-9(20(23)24)7-16-12(15)17-10;1-2-5-9(6-3-1)10-7-4-8-11-10/h7-14,16H,6H2,1-5H3,(H,27,32);7-8H,6H2,1-5H3,(H,18,22);1-6,8H,7H2. The molecule has 1 aliphatic heterocycles. The van der Waals surface area contributed by atoms with Crippen LogP contribution >= 0.6 is 11.6 Å². The highest BCUT2D eigenvalue weighted by molar-refractivity contribution is 6.28. The van der Waals surface area contributed by atoms with Crippen LogP contribution in [-0.2, 0) is 28.5 Å². The number of benzene rings is 2. The first-order valence-corrected chi connectivity index (χ1v) is 22.7. The number of allylic oxidation sites excluding steroid dienone is 1. The number of hydrogen-bond acceptors (Lipinski definition) is 20. The number of nitrogens with one attached hydrogen (secondary N) is 2. The minimum absolute atomic E-state index is 0.0302. The van der Waals surface area contributed by atoms with E-state index in [4.69, 9.17) is 30.5 Å². The number of rotatable bonds is 15. The second kappa shape index (κ2) is 26.0. The Morgan fingerprint density at radius 3 is 1.62 bits per heavy atom.